The fourth-order valence-corrected chi connectivity index (χ4v) is 1.37. The lowest BCUT2D eigenvalue weighted by molar-refractivity contribution is -0.128. The van der Waals surface area contributed by atoms with E-state index in [9.17, 15) is 9.59 Å². The predicted molar refractivity (Wildman–Crippen MR) is 66.3 cm³/mol. The summed E-state index contributed by atoms with van der Waals surface area (Å²) < 4.78 is 10.3. The Morgan fingerprint density at radius 3 is 2.39 bits per heavy atom. The van der Waals surface area contributed by atoms with Crippen LogP contribution in [0.1, 0.15) is 12.5 Å². The summed E-state index contributed by atoms with van der Waals surface area (Å²) in [5, 5.41) is 2.22. The first-order chi connectivity index (χ1) is 8.61. The van der Waals surface area contributed by atoms with Gasteiger partial charge >= 0.3 is 0 Å². The van der Waals surface area contributed by atoms with Crippen molar-refractivity contribution >= 4 is 11.8 Å². The highest BCUT2D eigenvalue weighted by atomic mass is 16.5. The first kappa shape index (κ1) is 14.2. The molecular weight excluding hydrogens is 234 g/mol. The van der Waals surface area contributed by atoms with Crippen LogP contribution in [-0.4, -0.2) is 32.1 Å². The van der Waals surface area contributed by atoms with Crippen LogP contribution in [0.4, 0.5) is 0 Å². The molecule has 98 valence electrons. The number of benzene rings is 1. The molecule has 0 unspecified atom stereocenters. The van der Waals surface area contributed by atoms with Crippen molar-refractivity contribution in [3.8, 4) is 5.75 Å². The Kier molecular flexibility index (Phi) is 5.87. The maximum atomic E-state index is 11.3. The van der Waals surface area contributed by atoms with Gasteiger partial charge in [0.05, 0.1) is 13.0 Å². The van der Waals surface area contributed by atoms with Crippen LogP contribution in [0.5, 0.6) is 5.75 Å². The van der Waals surface area contributed by atoms with Crippen LogP contribution in [0.15, 0.2) is 24.3 Å². The Balaban J connectivity index is 2.44. The van der Waals surface area contributed by atoms with Crippen LogP contribution < -0.4 is 10.1 Å². The van der Waals surface area contributed by atoms with Gasteiger partial charge < -0.3 is 9.47 Å². The van der Waals surface area contributed by atoms with Gasteiger partial charge in [-0.15, -0.1) is 0 Å². The van der Waals surface area contributed by atoms with Gasteiger partial charge in [-0.05, 0) is 17.7 Å². The number of methoxy groups -OCH3 is 1. The first-order valence-electron chi connectivity index (χ1n) is 5.63. The monoisotopic (exact) mass is 251 g/mol. The predicted octanol–water partition coefficient (Wildman–Crippen LogP) is 0.917. The molecule has 0 fully saturated rings. The molecule has 1 aromatic rings. The highest BCUT2D eigenvalue weighted by molar-refractivity contribution is 5.94. The highest BCUT2D eigenvalue weighted by Crippen LogP contribution is 2.12. The van der Waals surface area contributed by atoms with Crippen LogP contribution in [-0.2, 0) is 20.7 Å². The van der Waals surface area contributed by atoms with Crippen molar-refractivity contribution in [2.45, 2.75) is 13.3 Å². The molecule has 0 aliphatic rings. The summed E-state index contributed by atoms with van der Waals surface area (Å²) in [7, 11) is 1.61. The molecule has 18 heavy (non-hydrogen) atoms. The molecule has 1 aromatic carbocycles. The molecular formula is C13H17NO4. The molecule has 1 N–H and O–H groups in total. The molecule has 0 aromatic heterocycles. The summed E-state index contributed by atoms with van der Waals surface area (Å²) in [6.45, 7) is 2.33. The minimum absolute atomic E-state index is 0.179. The van der Waals surface area contributed by atoms with E-state index in [1.54, 1.807) is 31.4 Å². The summed E-state index contributed by atoms with van der Waals surface area (Å²) in [6, 6.07) is 7.15. The number of carbonyl (C=O) groups excluding carboxylic acids is 2. The van der Waals surface area contributed by atoms with Gasteiger partial charge in [-0.3, -0.25) is 14.9 Å². The Labute approximate surface area is 106 Å². The van der Waals surface area contributed by atoms with Gasteiger partial charge in [0, 0.05) is 14.0 Å². The minimum Gasteiger partial charge on any atom is -0.491 e. The molecule has 0 atom stereocenters. The topological polar surface area (TPSA) is 64.6 Å². The summed E-state index contributed by atoms with van der Waals surface area (Å²) in [5.41, 5.74) is 0.827. The summed E-state index contributed by atoms with van der Waals surface area (Å²) in [4.78, 5) is 22.0. The SMILES string of the molecule is COCCOc1ccc(CC(=O)NC(C)=O)cc1. The molecule has 0 saturated carbocycles. The molecule has 5 nitrogen and oxygen atoms in total. The Morgan fingerprint density at radius 1 is 1.17 bits per heavy atom. The molecule has 0 spiro atoms. The van der Waals surface area contributed by atoms with Crippen LogP contribution in [0.25, 0.3) is 0 Å². The van der Waals surface area contributed by atoms with Crippen molar-refractivity contribution in [1.82, 2.24) is 5.32 Å². The summed E-state index contributed by atoms with van der Waals surface area (Å²) in [5.74, 6) is 0.0675. The Morgan fingerprint density at radius 2 is 1.83 bits per heavy atom. The average molecular weight is 251 g/mol. The maximum Gasteiger partial charge on any atom is 0.230 e. The number of hydrogen-bond donors (Lipinski definition) is 1. The van der Waals surface area contributed by atoms with Crippen molar-refractivity contribution in [2.75, 3.05) is 20.3 Å². The standard InChI is InChI=1S/C13H17NO4/c1-10(15)14-13(16)9-11-3-5-12(6-4-11)18-8-7-17-2/h3-6H,7-9H2,1-2H3,(H,14,15,16). The lowest BCUT2D eigenvalue weighted by atomic mass is 10.1. The molecule has 2 amide bonds. The van der Waals surface area contributed by atoms with Crippen molar-refractivity contribution in [3.63, 3.8) is 0 Å². The molecule has 0 bridgehead atoms. The summed E-state index contributed by atoms with van der Waals surface area (Å²) >= 11 is 0. The zero-order valence-electron chi connectivity index (χ0n) is 10.6. The molecule has 5 heteroatoms. The number of ether oxygens (including phenoxy) is 2. The molecule has 0 heterocycles. The fourth-order valence-electron chi connectivity index (χ4n) is 1.37. The number of amides is 2. The maximum absolute atomic E-state index is 11.3. The second-order valence-electron chi connectivity index (χ2n) is 3.77. The zero-order chi connectivity index (χ0) is 13.4. The molecule has 0 aliphatic heterocycles. The van der Waals surface area contributed by atoms with Gasteiger partial charge in [0.2, 0.25) is 11.8 Å². The van der Waals surface area contributed by atoms with Crippen molar-refractivity contribution < 1.29 is 19.1 Å². The van der Waals surface area contributed by atoms with Crippen molar-refractivity contribution in [1.29, 1.82) is 0 Å². The third kappa shape index (κ3) is 5.45. The molecule has 0 radical (unpaired) electrons. The minimum atomic E-state index is -0.348. The quantitative estimate of drug-likeness (QED) is 0.763. The second-order valence-corrected chi connectivity index (χ2v) is 3.77. The van der Waals surface area contributed by atoms with E-state index >= 15 is 0 Å². The smallest absolute Gasteiger partial charge is 0.230 e. The van der Waals surface area contributed by atoms with E-state index in [0.29, 0.717) is 13.2 Å². The number of nitrogens with one attached hydrogen (secondary N) is 1. The number of hydrogen-bond acceptors (Lipinski definition) is 4. The first-order valence-corrected chi connectivity index (χ1v) is 5.63. The number of imide groups is 1. The van der Waals surface area contributed by atoms with Gasteiger partial charge in [0.25, 0.3) is 0 Å². The lowest BCUT2D eigenvalue weighted by Crippen LogP contribution is -2.29. The normalized spacial score (nSPS) is 9.89. The Bertz CT molecular complexity index is 400. The molecule has 0 aliphatic carbocycles. The Hall–Kier alpha value is -1.88. The van der Waals surface area contributed by atoms with Gasteiger partial charge in [0.15, 0.2) is 0 Å². The van der Waals surface area contributed by atoms with E-state index in [2.05, 4.69) is 5.32 Å². The van der Waals surface area contributed by atoms with E-state index in [4.69, 9.17) is 9.47 Å². The fraction of sp³-hybridized carbons (Fsp3) is 0.385. The van der Waals surface area contributed by atoms with E-state index in [1.807, 2.05) is 0 Å². The largest absolute Gasteiger partial charge is 0.491 e. The van der Waals surface area contributed by atoms with E-state index in [-0.39, 0.29) is 18.2 Å². The third-order valence-electron chi connectivity index (χ3n) is 2.16. The van der Waals surface area contributed by atoms with Crippen molar-refractivity contribution in [3.05, 3.63) is 29.8 Å². The van der Waals surface area contributed by atoms with Gasteiger partial charge in [-0.25, -0.2) is 0 Å². The van der Waals surface area contributed by atoms with Crippen LogP contribution in [0.3, 0.4) is 0 Å². The van der Waals surface area contributed by atoms with Crippen LogP contribution in [0.2, 0.25) is 0 Å². The van der Waals surface area contributed by atoms with Gasteiger partial charge in [-0.1, -0.05) is 12.1 Å². The van der Waals surface area contributed by atoms with Gasteiger partial charge in [0.1, 0.15) is 12.4 Å². The number of carbonyl (C=O) groups is 2. The average Bonchev–Trinajstić information content (AvgIpc) is 2.30. The van der Waals surface area contributed by atoms with Gasteiger partial charge in [-0.2, -0.15) is 0 Å². The molecule has 0 saturated heterocycles. The highest BCUT2D eigenvalue weighted by Gasteiger charge is 2.05. The lowest BCUT2D eigenvalue weighted by Gasteiger charge is -2.06. The second kappa shape index (κ2) is 7.45. The molecule has 1 rings (SSSR count). The summed E-state index contributed by atoms with van der Waals surface area (Å²) in [6.07, 6.45) is 0.179. The van der Waals surface area contributed by atoms with Crippen LogP contribution >= 0.6 is 0 Å². The van der Waals surface area contributed by atoms with E-state index in [0.717, 1.165) is 11.3 Å². The van der Waals surface area contributed by atoms with E-state index in [1.165, 1.54) is 6.92 Å². The van der Waals surface area contributed by atoms with Crippen LogP contribution in [0, 0.1) is 0 Å². The van der Waals surface area contributed by atoms with Crippen molar-refractivity contribution in [2.24, 2.45) is 0 Å². The number of rotatable bonds is 6. The third-order valence-corrected chi connectivity index (χ3v) is 2.16. The zero-order valence-corrected chi connectivity index (χ0v) is 10.6. The van der Waals surface area contributed by atoms with E-state index < -0.39 is 0 Å².